The van der Waals surface area contributed by atoms with E-state index in [-0.39, 0.29) is 31.6 Å². The van der Waals surface area contributed by atoms with E-state index in [2.05, 4.69) is 20.9 Å². The Kier molecular flexibility index (Phi) is 11.0. The van der Waals surface area contributed by atoms with Crippen molar-refractivity contribution in [3.63, 3.8) is 0 Å². The van der Waals surface area contributed by atoms with E-state index in [0.717, 1.165) is 15.9 Å². The third-order valence-corrected chi connectivity index (χ3v) is 5.27. The van der Waals surface area contributed by atoms with Gasteiger partial charge in [0.2, 0.25) is 0 Å². The Morgan fingerprint density at radius 1 is 0.875 bits per heavy atom. The van der Waals surface area contributed by atoms with Crippen molar-refractivity contribution in [3.05, 3.63) is 28.0 Å². The van der Waals surface area contributed by atoms with Gasteiger partial charge >= 0.3 is 17.9 Å². The molecule has 0 saturated heterocycles. The van der Waals surface area contributed by atoms with Crippen LogP contribution < -0.4 is 0 Å². The summed E-state index contributed by atoms with van der Waals surface area (Å²) in [6.45, 7) is 6.86. The van der Waals surface area contributed by atoms with Gasteiger partial charge in [0.05, 0.1) is 44.2 Å². The molecule has 0 spiro atoms. The monoisotopic (exact) mass is 514 g/mol. The summed E-state index contributed by atoms with van der Waals surface area (Å²) < 4.78 is 11.0. The van der Waals surface area contributed by atoms with Gasteiger partial charge in [0.25, 0.3) is 0 Å². The number of esters is 2. The molecule has 2 rings (SSSR count). The van der Waals surface area contributed by atoms with Crippen molar-refractivity contribution in [1.82, 2.24) is 19.7 Å². The molecule has 11 heteroatoms. The van der Waals surface area contributed by atoms with Gasteiger partial charge in [0.15, 0.2) is 0 Å². The van der Waals surface area contributed by atoms with Crippen LogP contribution in [0.3, 0.4) is 0 Å². The summed E-state index contributed by atoms with van der Waals surface area (Å²) in [6.07, 6.45) is 0. The molecule has 0 unspecified atom stereocenters. The normalized spacial score (nSPS) is 16.6. The van der Waals surface area contributed by atoms with E-state index in [4.69, 9.17) is 9.47 Å². The van der Waals surface area contributed by atoms with Crippen molar-refractivity contribution in [1.29, 1.82) is 0 Å². The molecule has 1 N–H and O–H groups in total. The summed E-state index contributed by atoms with van der Waals surface area (Å²) in [4.78, 5) is 45.9. The first kappa shape index (κ1) is 26.2. The second-order valence-electron chi connectivity index (χ2n) is 7.47. The van der Waals surface area contributed by atoms with Crippen LogP contribution in [0.1, 0.15) is 25.2 Å². The van der Waals surface area contributed by atoms with Gasteiger partial charge in [-0.3, -0.25) is 34.1 Å². The Balaban J connectivity index is 2.28. The molecule has 1 aromatic heterocycles. The maximum Gasteiger partial charge on any atom is 0.320 e. The average molecular weight is 515 g/mol. The van der Waals surface area contributed by atoms with E-state index in [9.17, 15) is 19.5 Å². The fourth-order valence-electron chi connectivity index (χ4n) is 3.46. The SMILES string of the molecule is CCOC(=O)CN1CCN(CC(=O)O)Cc2cc(Br)cc(n2)CN(CC(=O)OCC)CC1. The summed E-state index contributed by atoms with van der Waals surface area (Å²) in [6, 6.07) is 3.74. The van der Waals surface area contributed by atoms with Gasteiger partial charge in [-0.05, 0) is 26.0 Å². The summed E-state index contributed by atoms with van der Waals surface area (Å²) >= 11 is 3.50. The average Bonchev–Trinajstić information content (AvgIpc) is 2.68. The molecule has 178 valence electrons. The number of rotatable bonds is 8. The van der Waals surface area contributed by atoms with E-state index in [1.54, 1.807) is 18.7 Å². The van der Waals surface area contributed by atoms with Crippen LogP contribution >= 0.6 is 15.9 Å². The maximum absolute atomic E-state index is 12.1. The molecule has 1 aliphatic rings. The van der Waals surface area contributed by atoms with Gasteiger partial charge in [-0.25, -0.2) is 0 Å². The molecule has 0 fully saturated rings. The van der Waals surface area contributed by atoms with Crippen LogP contribution in [-0.2, 0) is 36.9 Å². The molecule has 0 saturated carbocycles. The molecule has 2 heterocycles. The lowest BCUT2D eigenvalue weighted by Crippen LogP contribution is -2.44. The van der Waals surface area contributed by atoms with Crippen LogP contribution in [-0.4, -0.2) is 102 Å². The molecule has 2 bridgehead atoms. The lowest BCUT2D eigenvalue weighted by molar-refractivity contribution is -0.146. The fourth-order valence-corrected chi connectivity index (χ4v) is 3.99. The van der Waals surface area contributed by atoms with Gasteiger partial charge in [-0.15, -0.1) is 0 Å². The lowest BCUT2D eigenvalue weighted by Gasteiger charge is -2.30. The molecule has 10 nitrogen and oxygen atoms in total. The Morgan fingerprint density at radius 3 is 1.78 bits per heavy atom. The van der Waals surface area contributed by atoms with Crippen LogP contribution in [0.25, 0.3) is 0 Å². The number of nitrogens with zero attached hydrogens (tertiary/aromatic N) is 4. The van der Waals surface area contributed by atoms with Gasteiger partial charge < -0.3 is 14.6 Å². The molecular weight excluding hydrogens is 484 g/mol. The van der Waals surface area contributed by atoms with Crippen molar-refractivity contribution < 1.29 is 29.0 Å². The Labute approximate surface area is 196 Å². The first-order chi connectivity index (χ1) is 15.3. The smallest absolute Gasteiger partial charge is 0.320 e. The summed E-state index contributed by atoms with van der Waals surface area (Å²) in [7, 11) is 0. The van der Waals surface area contributed by atoms with E-state index < -0.39 is 5.97 Å². The highest BCUT2D eigenvalue weighted by Crippen LogP contribution is 2.17. The quantitative estimate of drug-likeness (QED) is 0.503. The number of carboxylic acid groups (broad SMARTS) is 1. The first-order valence-electron chi connectivity index (χ1n) is 10.6. The van der Waals surface area contributed by atoms with Gasteiger partial charge in [-0.2, -0.15) is 0 Å². The molecule has 0 radical (unpaired) electrons. The molecule has 0 atom stereocenters. The standard InChI is InChI=1S/C21H31BrN4O6/c1-3-31-20(29)14-24-5-7-25(13-19(27)28)11-17-9-16(22)10-18(23-17)12-26(8-6-24)15-21(30)32-4-2/h9-10H,3-8,11-15H2,1-2H3,(H,27,28). The van der Waals surface area contributed by atoms with Crippen molar-refractivity contribution >= 4 is 33.8 Å². The van der Waals surface area contributed by atoms with Crippen molar-refractivity contribution in [2.75, 3.05) is 59.0 Å². The topological polar surface area (TPSA) is 113 Å². The second-order valence-corrected chi connectivity index (χ2v) is 8.38. The Hall–Kier alpha value is -2.08. The summed E-state index contributed by atoms with van der Waals surface area (Å²) in [5.41, 5.74) is 1.48. The summed E-state index contributed by atoms with van der Waals surface area (Å²) in [5, 5.41) is 9.32. The minimum absolute atomic E-state index is 0.0943. The number of ether oxygens (including phenoxy) is 2. The van der Waals surface area contributed by atoms with Crippen LogP contribution in [0.2, 0.25) is 0 Å². The highest BCUT2D eigenvalue weighted by atomic mass is 79.9. The minimum atomic E-state index is -0.926. The van der Waals surface area contributed by atoms with E-state index in [1.165, 1.54) is 0 Å². The molecule has 32 heavy (non-hydrogen) atoms. The first-order valence-corrected chi connectivity index (χ1v) is 11.4. The number of aliphatic carboxylic acids is 1. The largest absolute Gasteiger partial charge is 0.480 e. The third-order valence-electron chi connectivity index (χ3n) is 4.81. The van der Waals surface area contributed by atoms with Gasteiger partial charge in [0, 0.05) is 43.7 Å². The lowest BCUT2D eigenvalue weighted by atomic mass is 10.2. The number of halogens is 1. The Morgan fingerprint density at radius 2 is 1.31 bits per heavy atom. The number of hydrogen-bond acceptors (Lipinski definition) is 9. The van der Waals surface area contributed by atoms with Crippen LogP contribution in [0.15, 0.2) is 16.6 Å². The zero-order valence-corrected chi connectivity index (χ0v) is 20.2. The van der Waals surface area contributed by atoms with Crippen molar-refractivity contribution in [2.45, 2.75) is 26.9 Å². The third kappa shape index (κ3) is 9.60. The zero-order valence-electron chi connectivity index (χ0n) is 18.6. The molecule has 0 amide bonds. The van der Waals surface area contributed by atoms with Crippen LogP contribution in [0, 0.1) is 0 Å². The van der Waals surface area contributed by atoms with Crippen LogP contribution in [0.5, 0.6) is 0 Å². The zero-order chi connectivity index (χ0) is 23.5. The summed E-state index contributed by atoms with van der Waals surface area (Å²) in [5.74, 6) is -1.58. The highest BCUT2D eigenvalue weighted by molar-refractivity contribution is 9.10. The number of pyridine rings is 1. The maximum atomic E-state index is 12.1. The minimum Gasteiger partial charge on any atom is -0.480 e. The van der Waals surface area contributed by atoms with E-state index >= 15 is 0 Å². The highest BCUT2D eigenvalue weighted by Gasteiger charge is 2.21. The van der Waals surface area contributed by atoms with Crippen LogP contribution in [0.4, 0.5) is 0 Å². The predicted molar refractivity (Wildman–Crippen MR) is 120 cm³/mol. The second kappa shape index (κ2) is 13.5. The fraction of sp³-hybridized carbons (Fsp3) is 0.619. The van der Waals surface area contributed by atoms with E-state index in [0.29, 0.717) is 52.5 Å². The number of aromatic nitrogens is 1. The molecule has 1 aromatic rings. The van der Waals surface area contributed by atoms with Gasteiger partial charge in [-0.1, -0.05) is 15.9 Å². The molecule has 0 aromatic carbocycles. The number of hydrogen-bond donors (Lipinski definition) is 1. The van der Waals surface area contributed by atoms with Crippen molar-refractivity contribution in [2.24, 2.45) is 0 Å². The molecule has 0 aliphatic carbocycles. The Bertz CT molecular complexity index is 794. The molecule has 1 aliphatic heterocycles. The molecular formula is C21H31BrN4O6. The number of carbonyl (C=O) groups is 3. The van der Waals surface area contributed by atoms with Crippen molar-refractivity contribution in [3.8, 4) is 0 Å². The number of carboxylic acids is 1. The van der Waals surface area contributed by atoms with E-state index in [1.807, 2.05) is 21.9 Å². The number of fused-ring (bicyclic) bond motifs is 2. The predicted octanol–water partition coefficient (Wildman–Crippen LogP) is 0.975. The number of carbonyl (C=O) groups excluding carboxylic acids is 2. The van der Waals surface area contributed by atoms with Gasteiger partial charge in [0.1, 0.15) is 0 Å².